The van der Waals surface area contributed by atoms with Crippen LogP contribution in [0.3, 0.4) is 0 Å². The molecule has 3 aromatic rings. The third kappa shape index (κ3) is 5.03. The topological polar surface area (TPSA) is 76.1 Å². The van der Waals surface area contributed by atoms with Crippen molar-refractivity contribution in [1.82, 2.24) is 9.97 Å². The van der Waals surface area contributed by atoms with Gasteiger partial charge in [0, 0.05) is 23.9 Å². The van der Waals surface area contributed by atoms with Gasteiger partial charge in [0.2, 0.25) is 0 Å². The zero-order chi connectivity index (χ0) is 19.9. The third-order valence-corrected chi connectivity index (χ3v) is 3.91. The molecule has 7 heteroatoms. The number of benzene rings is 2. The number of nitrogens with zero attached hydrogens (tertiary/aromatic N) is 2. The second-order valence-corrected chi connectivity index (χ2v) is 6.04. The summed E-state index contributed by atoms with van der Waals surface area (Å²) in [4.78, 5) is 21.0. The molecular formula is C21H21FN4O2. The van der Waals surface area contributed by atoms with Gasteiger partial charge in [-0.3, -0.25) is 4.79 Å². The second-order valence-electron chi connectivity index (χ2n) is 6.04. The molecule has 0 saturated heterocycles. The van der Waals surface area contributed by atoms with E-state index in [-0.39, 0.29) is 24.0 Å². The molecule has 0 atom stereocenters. The molecule has 0 aliphatic carbocycles. The van der Waals surface area contributed by atoms with E-state index in [2.05, 4.69) is 20.6 Å². The summed E-state index contributed by atoms with van der Waals surface area (Å²) in [6.07, 6.45) is 0. The van der Waals surface area contributed by atoms with Crippen LogP contribution in [0.4, 0.5) is 15.9 Å². The molecule has 28 heavy (non-hydrogen) atoms. The smallest absolute Gasteiger partial charge is 0.274 e. The molecule has 0 unspecified atom stereocenters. The lowest BCUT2D eigenvalue weighted by molar-refractivity contribution is 0.102. The molecule has 3 rings (SSSR count). The molecule has 0 spiro atoms. The van der Waals surface area contributed by atoms with Crippen LogP contribution in [0.15, 0.2) is 54.6 Å². The minimum atomic E-state index is -0.358. The van der Waals surface area contributed by atoms with Crippen molar-refractivity contribution < 1.29 is 13.9 Å². The Labute approximate surface area is 162 Å². The lowest BCUT2D eigenvalue weighted by Crippen LogP contribution is -2.16. The number of carbonyl (C=O) groups is 1. The fourth-order valence-corrected chi connectivity index (χ4v) is 2.60. The first-order valence-electron chi connectivity index (χ1n) is 8.92. The number of carbonyl (C=O) groups excluding carboxylic acids is 1. The molecule has 2 aromatic carbocycles. The molecule has 144 valence electrons. The predicted molar refractivity (Wildman–Crippen MR) is 106 cm³/mol. The highest BCUT2D eigenvalue weighted by Crippen LogP contribution is 2.17. The van der Waals surface area contributed by atoms with E-state index >= 15 is 0 Å². The van der Waals surface area contributed by atoms with E-state index in [9.17, 15) is 9.18 Å². The second kappa shape index (κ2) is 8.94. The van der Waals surface area contributed by atoms with Crippen molar-refractivity contribution >= 4 is 17.4 Å². The van der Waals surface area contributed by atoms with Crippen molar-refractivity contribution in [2.45, 2.75) is 20.4 Å². The highest BCUT2D eigenvalue weighted by atomic mass is 19.1. The van der Waals surface area contributed by atoms with Crippen LogP contribution in [0, 0.1) is 12.7 Å². The van der Waals surface area contributed by atoms with Gasteiger partial charge in [-0.25, -0.2) is 14.4 Å². The first kappa shape index (κ1) is 19.3. The number of amides is 1. The van der Waals surface area contributed by atoms with Crippen LogP contribution in [0.1, 0.15) is 28.8 Å². The Hall–Kier alpha value is -3.48. The average Bonchev–Trinajstić information content (AvgIpc) is 2.69. The Balaban J connectivity index is 1.69. The summed E-state index contributed by atoms with van der Waals surface area (Å²) in [6.45, 7) is 4.44. The highest BCUT2D eigenvalue weighted by Gasteiger charge is 2.11. The summed E-state index contributed by atoms with van der Waals surface area (Å²) < 4.78 is 19.1. The van der Waals surface area contributed by atoms with E-state index in [1.54, 1.807) is 49.4 Å². The maximum absolute atomic E-state index is 13.8. The number of rotatable bonds is 7. The van der Waals surface area contributed by atoms with Crippen molar-refractivity contribution in [3.05, 3.63) is 77.5 Å². The highest BCUT2D eigenvalue weighted by molar-refractivity contribution is 6.03. The predicted octanol–water partition coefficient (Wildman–Crippen LogP) is 4.19. The molecule has 0 aliphatic rings. The van der Waals surface area contributed by atoms with E-state index < -0.39 is 0 Å². The van der Waals surface area contributed by atoms with Crippen LogP contribution < -0.4 is 15.4 Å². The molecule has 1 heterocycles. The van der Waals surface area contributed by atoms with Crippen molar-refractivity contribution in [1.29, 1.82) is 0 Å². The van der Waals surface area contributed by atoms with Crippen molar-refractivity contribution in [2.75, 3.05) is 17.2 Å². The Morgan fingerprint density at radius 2 is 1.86 bits per heavy atom. The summed E-state index contributed by atoms with van der Waals surface area (Å²) >= 11 is 0. The quantitative estimate of drug-likeness (QED) is 0.643. The van der Waals surface area contributed by atoms with E-state index in [0.29, 0.717) is 29.5 Å². The Bertz CT molecular complexity index is 961. The molecule has 0 fully saturated rings. The monoisotopic (exact) mass is 380 g/mol. The van der Waals surface area contributed by atoms with Crippen LogP contribution >= 0.6 is 0 Å². The van der Waals surface area contributed by atoms with Crippen LogP contribution in [0.2, 0.25) is 0 Å². The van der Waals surface area contributed by atoms with Crippen LogP contribution in [0.25, 0.3) is 0 Å². The molecule has 1 amide bonds. The number of halogens is 1. The molecule has 0 bridgehead atoms. The average molecular weight is 380 g/mol. The Morgan fingerprint density at radius 3 is 2.57 bits per heavy atom. The molecule has 0 radical (unpaired) electrons. The zero-order valence-electron chi connectivity index (χ0n) is 15.7. The van der Waals surface area contributed by atoms with E-state index in [4.69, 9.17) is 4.74 Å². The first-order valence-corrected chi connectivity index (χ1v) is 8.92. The van der Waals surface area contributed by atoms with Crippen molar-refractivity contribution in [3.63, 3.8) is 0 Å². The fourth-order valence-electron chi connectivity index (χ4n) is 2.60. The van der Waals surface area contributed by atoms with Gasteiger partial charge >= 0.3 is 0 Å². The van der Waals surface area contributed by atoms with Crippen LogP contribution in [0.5, 0.6) is 5.75 Å². The first-order chi connectivity index (χ1) is 13.5. The SMILES string of the molecule is CCOc1ccc(NC(=O)c2cc(NCc3ccccc3F)nc(C)n2)cc1. The normalized spacial score (nSPS) is 10.4. The summed E-state index contributed by atoms with van der Waals surface area (Å²) in [7, 11) is 0. The molecule has 6 nitrogen and oxygen atoms in total. The number of aryl methyl sites for hydroxylation is 1. The van der Waals surface area contributed by atoms with Gasteiger partial charge in [-0.2, -0.15) is 0 Å². The number of anilines is 2. The zero-order valence-corrected chi connectivity index (χ0v) is 15.7. The lowest BCUT2D eigenvalue weighted by atomic mass is 10.2. The molecule has 1 aromatic heterocycles. The van der Waals surface area contributed by atoms with E-state index in [1.165, 1.54) is 12.1 Å². The number of nitrogens with one attached hydrogen (secondary N) is 2. The van der Waals surface area contributed by atoms with Gasteiger partial charge in [-0.05, 0) is 44.2 Å². The number of hydrogen-bond acceptors (Lipinski definition) is 5. The number of ether oxygens (including phenoxy) is 1. The molecule has 0 saturated carbocycles. The van der Waals surface area contributed by atoms with Crippen LogP contribution in [-0.2, 0) is 6.54 Å². The fraction of sp³-hybridized carbons (Fsp3) is 0.190. The summed E-state index contributed by atoms with van der Waals surface area (Å²) in [6, 6.07) is 15.1. The Kier molecular flexibility index (Phi) is 6.16. The van der Waals surface area contributed by atoms with E-state index in [1.807, 2.05) is 6.92 Å². The van der Waals surface area contributed by atoms with Gasteiger partial charge in [0.25, 0.3) is 5.91 Å². The van der Waals surface area contributed by atoms with Gasteiger partial charge in [0.15, 0.2) is 0 Å². The minimum absolute atomic E-state index is 0.220. The molecule has 0 aliphatic heterocycles. The summed E-state index contributed by atoms with van der Waals surface area (Å²) in [5.41, 5.74) is 1.36. The standard InChI is InChI=1S/C21H21FN4O2/c1-3-28-17-10-8-16(9-11-17)26-21(27)19-12-20(25-14(2)24-19)23-13-15-6-4-5-7-18(15)22/h4-12H,3,13H2,1-2H3,(H,26,27)(H,23,24,25). The maximum atomic E-state index is 13.8. The number of hydrogen-bond donors (Lipinski definition) is 2. The van der Waals surface area contributed by atoms with Crippen LogP contribution in [-0.4, -0.2) is 22.5 Å². The largest absolute Gasteiger partial charge is 0.494 e. The minimum Gasteiger partial charge on any atom is -0.494 e. The third-order valence-electron chi connectivity index (χ3n) is 3.91. The summed E-state index contributed by atoms with van der Waals surface area (Å²) in [5, 5.41) is 5.83. The van der Waals surface area contributed by atoms with Gasteiger partial charge in [-0.1, -0.05) is 18.2 Å². The van der Waals surface area contributed by atoms with Gasteiger partial charge in [-0.15, -0.1) is 0 Å². The lowest BCUT2D eigenvalue weighted by Gasteiger charge is -2.10. The van der Waals surface area contributed by atoms with Gasteiger partial charge in [0.1, 0.15) is 28.9 Å². The van der Waals surface area contributed by atoms with Crippen molar-refractivity contribution in [2.24, 2.45) is 0 Å². The van der Waals surface area contributed by atoms with Gasteiger partial charge < -0.3 is 15.4 Å². The summed E-state index contributed by atoms with van der Waals surface area (Å²) in [5.74, 6) is 0.971. The van der Waals surface area contributed by atoms with Gasteiger partial charge in [0.05, 0.1) is 6.61 Å². The number of aromatic nitrogens is 2. The maximum Gasteiger partial charge on any atom is 0.274 e. The van der Waals surface area contributed by atoms with Crippen molar-refractivity contribution in [3.8, 4) is 5.75 Å². The molecular weight excluding hydrogens is 359 g/mol. The molecule has 2 N–H and O–H groups in total. The Morgan fingerprint density at radius 1 is 1.11 bits per heavy atom. The van der Waals surface area contributed by atoms with E-state index in [0.717, 1.165) is 5.75 Å².